The van der Waals surface area contributed by atoms with Gasteiger partial charge in [-0.25, -0.2) is 24.1 Å². The van der Waals surface area contributed by atoms with Gasteiger partial charge in [-0.15, -0.1) is 56.9 Å². The summed E-state index contributed by atoms with van der Waals surface area (Å²) in [5.41, 5.74) is 0. The number of halogens is 4. The van der Waals surface area contributed by atoms with Crippen molar-refractivity contribution in [1.82, 2.24) is 19.9 Å². The molecule has 4 heterocycles. The molecule has 4 aromatic rings. The van der Waals surface area contributed by atoms with Gasteiger partial charge in [0.1, 0.15) is 10.0 Å². The number of alkyl halides is 1. The second-order valence-corrected chi connectivity index (χ2v) is 15.1. The van der Waals surface area contributed by atoms with E-state index in [0.717, 1.165) is 30.0 Å². The van der Waals surface area contributed by atoms with Crippen LogP contribution in [0.1, 0.15) is 40.8 Å². The Labute approximate surface area is 283 Å². The molecule has 0 aliphatic carbocycles. The fourth-order valence-electron chi connectivity index (χ4n) is 1.69. The van der Waals surface area contributed by atoms with Crippen LogP contribution >= 0.6 is 94.2 Å². The molecule has 0 aliphatic rings. The first-order valence-electron chi connectivity index (χ1n) is 9.19. The van der Waals surface area contributed by atoms with Crippen LogP contribution in [-0.4, -0.2) is 44.0 Å². The molecule has 37 heavy (non-hydrogen) atoms. The molecular formula is C19H23BBrCl3N4NaO3S5. The molecule has 0 atom stereocenters. The van der Waals surface area contributed by atoms with Gasteiger partial charge in [0.05, 0.1) is 12.5 Å². The third-order valence-corrected chi connectivity index (χ3v) is 7.37. The Morgan fingerprint density at radius 1 is 0.892 bits per heavy atom. The van der Waals surface area contributed by atoms with E-state index >= 15 is 0 Å². The van der Waals surface area contributed by atoms with E-state index in [1.807, 2.05) is 40.1 Å². The molecule has 0 saturated heterocycles. The van der Waals surface area contributed by atoms with Gasteiger partial charge < -0.3 is 6.53 Å². The van der Waals surface area contributed by atoms with Crippen molar-refractivity contribution in [2.24, 2.45) is 0 Å². The van der Waals surface area contributed by atoms with Gasteiger partial charge in [-0.2, -0.15) is 0 Å². The summed E-state index contributed by atoms with van der Waals surface area (Å²) in [6, 6.07) is 0. The van der Waals surface area contributed by atoms with Crippen molar-refractivity contribution in [2.75, 3.05) is 0 Å². The largest absolute Gasteiger partial charge is 1.00 e. The first kappa shape index (κ1) is 42.2. The summed E-state index contributed by atoms with van der Waals surface area (Å²) in [4.78, 5) is 30.3. The van der Waals surface area contributed by atoms with E-state index in [4.69, 9.17) is 20.9 Å². The molecule has 7 nitrogen and oxygen atoms in total. The minimum atomic E-state index is -1.67. The maximum Gasteiger partial charge on any atom is 1.00 e. The summed E-state index contributed by atoms with van der Waals surface area (Å²) >= 11 is 15.0. The van der Waals surface area contributed by atoms with Gasteiger partial charge >= 0.3 is 29.6 Å². The van der Waals surface area contributed by atoms with Crippen LogP contribution in [0.3, 0.4) is 0 Å². The molecule has 4 aromatic heterocycles. The molecule has 199 valence electrons. The van der Waals surface area contributed by atoms with E-state index in [1.165, 1.54) is 32.4 Å². The number of hydrogen-bond donors (Lipinski definition) is 1. The Morgan fingerprint density at radius 3 is 1.46 bits per heavy atom. The van der Waals surface area contributed by atoms with E-state index in [1.54, 1.807) is 35.1 Å². The number of aliphatic hydroxyl groups excluding tert-OH is 1. The van der Waals surface area contributed by atoms with Gasteiger partial charge in [0.15, 0.2) is 15.2 Å². The van der Waals surface area contributed by atoms with Crippen LogP contribution in [0, 0.1) is 27.7 Å². The number of rotatable bonds is 3. The van der Waals surface area contributed by atoms with Gasteiger partial charge in [-0.1, -0.05) is 0 Å². The van der Waals surface area contributed by atoms with E-state index in [2.05, 4.69) is 57.2 Å². The van der Waals surface area contributed by atoms with Gasteiger partial charge in [-0.05, 0) is 43.6 Å². The predicted octanol–water partition coefficient (Wildman–Crippen LogP) is 4.39. The van der Waals surface area contributed by atoms with Crippen molar-refractivity contribution in [3.8, 4) is 0 Å². The van der Waals surface area contributed by atoms with Crippen LogP contribution in [0.15, 0.2) is 28.7 Å². The Kier molecular flexibility index (Phi) is 29.3. The number of carbonyl (C=O) groups excluding carboxylic acids is 1. The summed E-state index contributed by atoms with van der Waals surface area (Å²) in [7, 11) is 7.36. The minimum absolute atomic E-state index is 0. The molecule has 1 N–H and O–H groups in total. The number of aliphatic hydroxyl groups is 1. The van der Waals surface area contributed by atoms with Gasteiger partial charge in [0.2, 0.25) is 9.23 Å². The monoisotopic (exact) mass is 733 g/mol. The van der Waals surface area contributed by atoms with E-state index in [9.17, 15) is 4.79 Å². The fourth-order valence-corrected chi connectivity index (χ4v) is 5.14. The van der Waals surface area contributed by atoms with Crippen LogP contribution in [0.5, 0.6) is 0 Å². The predicted molar refractivity (Wildman–Crippen MR) is 163 cm³/mol. The SMILES string of the molecule is Cc1cnc(Br)s1.Cc1cnc(C=O)s1.Cc1cnc(CCl)s1.Cc1cnc(CO)s1.O=S(Cl)Cl.[B].[H-].[Na+]. The molecule has 0 saturated carbocycles. The van der Waals surface area contributed by atoms with Crippen LogP contribution in [0.2, 0.25) is 0 Å². The number of carbonyl (C=O) groups is 1. The Bertz CT molecular complexity index is 1100. The summed E-state index contributed by atoms with van der Waals surface area (Å²) in [5, 5.41) is 10.9. The second-order valence-electron chi connectivity index (χ2n) is 5.86. The number of hydrogen-bond acceptors (Lipinski definition) is 11. The molecule has 0 aliphatic heterocycles. The zero-order valence-corrected chi connectivity index (χ0v) is 30.4. The Balaban J connectivity index is -0.000000189. The molecule has 0 bridgehead atoms. The quantitative estimate of drug-likeness (QED) is 0.144. The average Bonchev–Trinajstić information content (AvgIpc) is 3.59. The van der Waals surface area contributed by atoms with Crippen molar-refractivity contribution in [1.29, 1.82) is 0 Å². The maximum absolute atomic E-state index is 9.97. The van der Waals surface area contributed by atoms with Gasteiger partial charge in [0, 0.05) is 74.1 Å². The number of aromatic nitrogens is 4. The van der Waals surface area contributed by atoms with Crippen molar-refractivity contribution in [3.05, 3.63) is 63.2 Å². The number of aldehydes is 1. The number of thiazole rings is 4. The first-order valence-corrected chi connectivity index (χ1v) is 16.6. The fraction of sp³-hybridized carbons (Fsp3) is 0.316. The third-order valence-electron chi connectivity index (χ3n) is 2.92. The average molecular weight is 736 g/mol. The molecule has 0 unspecified atom stereocenters. The molecule has 0 aromatic carbocycles. The smallest absolute Gasteiger partial charge is 1.00 e. The summed E-state index contributed by atoms with van der Waals surface area (Å²) < 4.78 is 10.0. The second kappa shape index (κ2) is 25.7. The summed E-state index contributed by atoms with van der Waals surface area (Å²) in [6.45, 7) is 8.01. The zero-order valence-electron chi connectivity index (χ0n) is 21.5. The van der Waals surface area contributed by atoms with E-state index < -0.39 is 9.23 Å². The van der Waals surface area contributed by atoms with Crippen molar-refractivity contribution >= 4 is 118 Å². The molecule has 0 spiro atoms. The van der Waals surface area contributed by atoms with Crippen molar-refractivity contribution < 1.29 is 45.1 Å². The molecular weight excluding hydrogens is 713 g/mol. The minimum Gasteiger partial charge on any atom is -1.00 e. The third kappa shape index (κ3) is 24.3. The summed E-state index contributed by atoms with van der Waals surface area (Å²) in [6.07, 6.45) is 7.89. The Hall–Kier alpha value is 0.715. The molecule has 0 amide bonds. The maximum atomic E-state index is 9.97. The van der Waals surface area contributed by atoms with Crippen LogP contribution < -0.4 is 29.6 Å². The molecule has 3 radical (unpaired) electrons. The Morgan fingerprint density at radius 2 is 1.30 bits per heavy atom. The first-order chi connectivity index (χ1) is 16.5. The topological polar surface area (TPSA) is 106 Å². The number of nitrogens with zero attached hydrogens (tertiary/aromatic N) is 4. The van der Waals surface area contributed by atoms with Crippen LogP contribution in [0.25, 0.3) is 0 Å². The van der Waals surface area contributed by atoms with Crippen molar-refractivity contribution in [2.45, 2.75) is 40.2 Å². The standard InChI is InChI=1S/C5H6ClNS.C5H7NOS.C5H5NOS.C4H4BrNS.B.Cl2OS.Na.H/c1-4-3-7-5(2-6)8-4;2*1-4-2-6-5(3-7)8-4;1-3-2-6-4(5)7-3;;1-4(2)3;;/h3H,2H2,1H3;2,7H,3H2,1H3;2-3H,1H3;2H,1H3;;;;/q;;;;;;+1;-1. The molecule has 18 heteroatoms. The number of aryl methyl sites for hydroxylation is 4. The van der Waals surface area contributed by atoms with Gasteiger partial charge in [-0.3, -0.25) is 4.79 Å². The van der Waals surface area contributed by atoms with E-state index in [-0.39, 0.29) is 46.0 Å². The zero-order chi connectivity index (χ0) is 26.8. The van der Waals surface area contributed by atoms with Crippen LogP contribution in [-0.2, 0) is 21.7 Å². The van der Waals surface area contributed by atoms with Crippen molar-refractivity contribution in [3.63, 3.8) is 0 Å². The summed E-state index contributed by atoms with van der Waals surface area (Å²) in [5.74, 6) is 0.540. The molecule has 4 rings (SSSR count). The van der Waals surface area contributed by atoms with E-state index in [0.29, 0.717) is 10.9 Å². The molecule has 0 fully saturated rings. The van der Waals surface area contributed by atoms with Gasteiger partial charge in [0.25, 0.3) is 0 Å². The normalized spacial score (nSPS) is 8.92. The van der Waals surface area contributed by atoms with Crippen LogP contribution in [0.4, 0.5) is 0 Å².